The summed E-state index contributed by atoms with van der Waals surface area (Å²) in [6.45, 7) is 0.473. The maximum absolute atomic E-state index is 12.3. The third-order valence-electron chi connectivity index (χ3n) is 4.84. The zero-order chi connectivity index (χ0) is 16.0. The van der Waals surface area contributed by atoms with Crippen LogP contribution in [0.5, 0.6) is 0 Å². The quantitative estimate of drug-likeness (QED) is 0.822. The lowest BCUT2D eigenvalue weighted by Crippen LogP contribution is -2.40. The summed E-state index contributed by atoms with van der Waals surface area (Å²) in [4.78, 5) is 39.2. The highest BCUT2D eigenvalue weighted by Crippen LogP contribution is 2.43. The first-order chi connectivity index (χ1) is 11.1. The van der Waals surface area contributed by atoms with E-state index in [2.05, 4.69) is 22.5 Å². The van der Waals surface area contributed by atoms with Crippen molar-refractivity contribution in [2.75, 3.05) is 6.54 Å². The Morgan fingerprint density at radius 2 is 2.22 bits per heavy atom. The molecule has 7 heteroatoms. The molecule has 120 valence electrons. The molecule has 2 aromatic heterocycles. The average molecular weight is 331 g/mol. The van der Waals surface area contributed by atoms with Crippen LogP contribution in [0.25, 0.3) is 10.2 Å². The second-order valence-electron chi connectivity index (χ2n) is 6.23. The fraction of sp³-hybridized carbons (Fsp3) is 0.438. The number of rotatable bonds is 4. The van der Waals surface area contributed by atoms with Crippen molar-refractivity contribution in [3.8, 4) is 0 Å². The van der Waals surface area contributed by atoms with Crippen molar-refractivity contribution in [1.29, 1.82) is 0 Å². The van der Waals surface area contributed by atoms with Crippen LogP contribution in [0.4, 0.5) is 0 Å². The molecule has 0 spiro atoms. The van der Waals surface area contributed by atoms with Crippen LogP contribution in [0.2, 0.25) is 0 Å². The lowest BCUT2D eigenvalue weighted by atomic mass is 9.93. The van der Waals surface area contributed by atoms with E-state index in [1.54, 1.807) is 11.4 Å². The predicted octanol–water partition coefficient (Wildman–Crippen LogP) is 1.08. The molecule has 2 aliphatic rings. The first-order valence-corrected chi connectivity index (χ1v) is 8.68. The van der Waals surface area contributed by atoms with Gasteiger partial charge in [-0.25, -0.2) is 4.79 Å². The van der Waals surface area contributed by atoms with Crippen LogP contribution in [0.1, 0.15) is 12.8 Å². The number of aromatic amines is 1. The molecule has 23 heavy (non-hydrogen) atoms. The van der Waals surface area contributed by atoms with E-state index in [1.165, 1.54) is 11.3 Å². The van der Waals surface area contributed by atoms with Crippen molar-refractivity contribution < 1.29 is 4.79 Å². The van der Waals surface area contributed by atoms with E-state index < -0.39 is 5.69 Å². The Labute approximate surface area is 135 Å². The summed E-state index contributed by atoms with van der Waals surface area (Å²) in [5.74, 6) is 0.972. The number of thiophene rings is 1. The van der Waals surface area contributed by atoms with E-state index in [0.717, 1.165) is 17.4 Å². The summed E-state index contributed by atoms with van der Waals surface area (Å²) in [6.07, 6.45) is 6.32. The van der Waals surface area contributed by atoms with Gasteiger partial charge in [0.1, 0.15) is 4.70 Å². The topological polar surface area (TPSA) is 84.0 Å². The van der Waals surface area contributed by atoms with Gasteiger partial charge in [0.15, 0.2) is 0 Å². The molecule has 0 saturated heterocycles. The molecule has 2 heterocycles. The van der Waals surface area contributed by atoms with Gasteiger partial charge in [0.05, 0.1) is 5.52 Å². The van der Waals surface area contributed by atoms with Gasteiger partial charge in [-0.1, -0.05) is 12.2 Å². The largest absolute Gasteiger partial charge is 0.354 e. The zero-order valence-corrected chi connectivity index (χ0v) is 13.3. The van der Waals surface area contributed by atoms with Crippen molar-refractivity contribution in [3.05, 3.63) is 44.4 Å². The van der Waals surface area contributed by atoms with Gasteiger partial charge in [-0.15, -0.1) is 11.3 Å². The third-order valence-corrected chi connectivity index (χ3v) is 5.74. The van der Waals surface area contributed by atoms with Gasteiger partial charge in [-0.2, -0.15) is 0 Å². The molecule has 2 bridgehead atoms. The van der Waals surface area contributed by atoms with E-state index in [-0.39, 0.29) is 30.5 Å². The number of carbonyl (C=O) groups is 1. The number of amides is 1. The molecule has 1 fully saturated rings. The standard InChI is InChI=1S/C16H17N3O3S/c20-14(11-8-9-1-2-10(11)7-9)17-4-5-19-15(21)13-12(3-6-23-13)18-16(19)22/h1-3,6,9-11H,4-5,7-8H2,(H,17,20)(H,18,22). The number of nitrogens with zero attached hydrogens (tertiary/aromatic N) is 1. The Hall–Kier alpha value is -2.15. The average Bonchev–Trinajstić information content (AvgIpc) is 3.25. The Bertz CT molecular complexity index is 907. The van der Waals surface area contributed by atoms with Crippen LogP contribution in [0.15, 0.2) is 33.2 Å². The predicted molar refractivity (Wildman–Crippen MR) is 88.6 cm³/mol. The van der Waals surface area contributed by atoms with Crippen molar-refractivity contribution >= 4 is 27.5 Å². The molecule has 0 aliphatic heterocycles. The molecule has 1 saturated carbocycles. The second kappa shape index (κ2) is 5.49. The molecule has 3 unspecified atom stereocenters. The molecular formula is C16H17N3O3S. The molecule has 0 aromatic carbocycles. The van der Waals surface area contributed by atoms with Crippen molar-refractivity contribution in [3.63, 3.8) is 0 Å². The molecule has 6 nitrogen and oxygen atoms in total. The SMILES string of the molecule is O=C(NCCn1c(=O)[nH]c2ccsc2c1=O)C1CC2C=CC1C2. The number of aromatic nitrogens is 2. The van der Waals surface area contributed by atoms with Crippen LogP contribution >= 0.6 is 11.3 Å². The lowest BCUT2D eigenvalue weighted by Gasteiger charge is -2.17. The van der Waals surface area contributed by atoms with E-state index in [0.29, 0.717) is 22.1 Å². The molecule has 4 rings (SSSR count). The van der Waals surface area contributed by atoms with Crippen molar-refractivity contribution in [1.82, 2.24) is 14.9 Å². The number of hydrogen-bond donors (Lipinski definition) is 2. The fourth-order valence-electron chi connectivity index (χ4n) is 3.68. The number of fused-ring (bicyclic) bond motifs is 3. The summed E-state index contributed by atoms with van der Waals surface area (Å²) < 4.78 is 1.69. The van der Waals surface area contributed by atoms with E-state index in [4.69, 9.17) is 0 Å². The molecule has 2 aromatic rings. The van der Waals surface area contributed by atoms with Crippen molar-refractivity contribution in [2.45, 2.75) is 19.4 Å². The van der Waals surface area contributed by atoms with Crippen LogP contribution < -0.4 is 16.6 Å². The molecular weight excluding hydrogens is 314 g/mol. The summed E-state index contributed by atoms with van der Waals surface area (Å²) in [7, 11) is 0. The summed E-state index contributed by atoms with van der Waals surface area (Å²) in [6, 6.07) is 1.72. The van der Waals surface area contributed by atoms with Crippen LogP contribution in [-0.4, -0.2) is 22.0 Å². The number of nitrogens with one attached hydrogen (secondary N) is 2. The van der Waals surface area contributed by atoms with Crippen LogP contribution in [0, 0.1) is 17.8 Å². The summed E-state index contributed by atoms with van der Waals surface area (Å²) in [5, 5.41) is 4.65. The normalized spacial score (nSPS) is 25.3. The zero-order valence-electron chi connectivity index (χ0n) is 12.5. The highest BCUT2D eigenvalue weighted by molar-refractivity contribution is 7.17. The Kier molecular flexibility index (Phi) is 3.45. The van der Waals surface area contributed by atoms with Crippen molar-refractivity contribution in [2.24, 2.45) is 17.8 Å². The van der Waals surface area contributed by atoms with Gasteiger partial charge < -0.3 is 10.3 Å². The van der Waals surface area contributed by atoms with Crippen LogP contribution in [-0.2, 0) is 11.3 Å². The minimum absolute atomic E-state index is 0.0310. The molecule has 3 atom stereocenters. The molecule has 2 N–H and O–H groups in total. The van der Waals surface area contributed by atoms with Gasteiger partial charge >= 0.3 is 5.69 Å². The maximum Gasteiger partial charge on any atom is 0.328 e. The highest BCUT2D eigenvalue weighted by atomic mass is 32.1. The number of H-pyrrole nitrogens is 1. The van der Waals surface area contributed by atoms with Crippen LogP contribution in [0.3, 0.4) is 0 Å². The van der Waals surface area contributed by atoms with Gasteiger partial charge in [-0.05, 0) is 36.1 Å². The van der Waals surface area contributed by atoms with Gasteiger partial charge in [0.25, 0.3) is 5.56 Å². The third kappa shape index (κ3) is 2.45. The first kappa shape index (κ1) is 14.4. The Morgan fingerprint density at radius 3 is 2.96 bits per heavy atom. The highest BCUT2D eigenvalue weighted by Gasteiger charge is 2.39. The number of carbonyl (C=O) groups excluding carboxylic acids is 1. The lowest BCUT2D eigenvalue weighted by molar-refractivity contribution is -0.125. The van der Waals surface area contributed by atoms with E-state index >= 15 is 0 Å². The molecule has 1 amide bonds. The maximum atomic E-state index is 12.3. The van der Waals surface area contributed by atoms with E-state index in [1.807, 2.05) is 0 Å². The fourth-order valence-corrected chi connectivity index (χ4v) is 4.48. The summed E-state index contributed by atoms with van der Waals surface area (Å²) >= 11 is 1.31. The minimum Gasteiger partial charge on any atom is -0.354 e. The van der Waals surface area contributed by atoms with E-state index in [9.17, 15) is 14.4 Å². The molecule has 2 aliphatic carbocycles. The second-order valence-corrected chi connectivity index (χ2v) is 7.14. The molecule has 0 radical (unpaired) electrons. The number of allylic oxidation sites excluding steroid dienone is 2. The van der Waals surface area contributed by atoms with Gasteiger partial charge in [-0.3, -0.25) is 14.2 Å². The van der Waals surface area contributed by atoms with Gasteiger partial charge in [0.2, 0.25) is 5.91 Å². The Morgan fingerprint density at radius 1 is 1.35 bits per heavy atom. The Balaban J connectivity index is 1.43. The van der Waals surface area contributed by atoms with Gasteiger partial charge in [0, 0.05) is 19.0 Å². The smallest absolute Gasteiger partial charge is 0.328 e. The first-order valence-electron chi connectivity index (χ1n) is 7.80. The summed E-state index contributed by atoms with van der Waals surface area (Å²) in [5.41, 5.74) is -0.159. The monoisotopic (exact) mass is 331 g/mol. The number of hydrogen-bond acceptors (Lipinski definition) is 4. The minimum atomic E-state index is -0.432.